The van der Waals surface area contributed by atoms with Gasteiger partial charge in [-0.3, -0.25) is 10.1 Å². The van der Waals surface area contributed by atoms with Crippen LogP contribution >= 0.6 is 12.4 Å². The number of ether oxygens (including phenoxy) is 2. The van der Waals surface area contributed by atoms with Crippen molar-refractivity contribution in [2.75, 3.05) is 14.2 Å². The number of hydrogen-bond acceptors (Lipinski definition) is 5. The number of nitro benzene ring substituents is 1. The van der Waals surface area contributed by atoms with Gasteiger partial charge in [0.1, 0.15) is 0 Å². The predicted octanol–water partition coefficient (Wildman–Crippen LogP) is 3.61. The van der Waals surface area contributed by atoms with Crippen LogP contribution in [0.2, 0.25) is 0 Å². The van der Waals surface area contributed by atoms with Crippen LogP contribution in [0.25, 0.3) is 0 Å². The lowest BCUT2D eigenvalue weighted by Crippen LogP contribution is -2.24. The molecule has 0 spiro atoms. The van der Waals surface area contributed by atoms with Gasteiger partial charge in [-0.05, 0) is 24.8 Å². The Labute approximate surface area is 136 Å². The topological polar surface area (TPSA) is 87.6 Å². The van der Waals surface area contributed by atoms with Crippen LogP contribution in [-0.4, -0.2) is 19.1 Å². The van der Waals surface area contributed by atoms with Crippen molar-refractivity contribution in [3.8, 4) is 11.5 Å². The number of hydrogen-bond donors (Lipinski definition) is 1. The third kappa shape index (κ3) is 3.81. The lowest BCUT2D eigenvalue weighted by atomic mass is 9.81. The van der Waals surface area contributed by atoms with Crippen LogP contribution in [0.3, 0.4) is 0 Å². The van der Waals surface area contributed by atoms with E-state index in [1.807, 2.05) is 0 Å². The van der Waals surface area contributed by atoms with Gasteiger partial charge in [0.15, 0.2) is 11.5 Å². The minimum Gasteiger partial charge on any atom is -0.493 e. The molecule has 1 aliphatic carbocycles. The number of benzene rings is 1. The first kappa shape index (κ1) is 18.5. The SMILES string of the molecule is COc1cc([C@H](N)C2CCCCC2)c([N+](=O)[O-])cc1OC.Cl. The van der Waals surface area contributed by atoms with E-state index in [0.717, 1.165) is 25.7 Å². The predicted molar refractivity (Wildman–Crippen MR) is 87.0 cm³/mol. The van der Waals surface area contributed by atoms with E-state index >= 15 is 0 Å². The molecule has 1 saturated carbocycles. The molecule has 7 heteroatoms. The van der Waals surface area contributed by atoms with E-state index in [1.54, 1.807) is 6.07 Å². The lowest BCUT2D eigenvalue weighted by Gasteiger charge is -2.27. The monoisotopic (exact) mass is 330 g/mol. The highest BCUT2D eigenvalue weighted by molar-refractivity contribution is 5.85. The van der Waals surface area contributed by atoms with Gasteiger partial charge in [0, 0.05) is 6.04 Å². The van der Waals surface area contributed by atoms with Gasteiger partial charge in [-0.25, -0.2) is 0 Å². The summed E-state index contributed by atoms with van der Waals surface area (Å²) in [6, 6.07) is 2.71. The standard InChI is InChI=1S/C15H22N2O4.ClH/c1-20-13-8-11(12(17(18)19)9-14(13)21-2)15(16)10-6-4-3-5-7-10;/h8-10,15H,3-7,16H2,1-2H3;1H/t15-;/m1./s1. The molecule has 0 radical (unpaired) electrons. The largest absolute Gasteiger partial charge is 0.493 e. The molecule has 0 saturated heterocycles. The minimum absolute atomic E-state index is 0. The highest BCUT2D eigenvalue weighted by Gasteiger charge is 2.29. The Kier molecular flexibility index (Phi) is 6.90. The summed E-state index contributed by atoms with van der Waals surface area (Å²) in [5, 5.41) is 11.3. The van der Waals surface area contributed by atoms with Crippen molar-refractivity contribution in [1.29, 1.82) is 0 Å². The average Bonchev–Trinajstić information content (AvgIpc) is 2.53. The Hall–Kier alpha value is -1.53. The first-order valence-corrected chi connectivity index (χ1v) is 7.24. The van der Waals surface area contributed by atoms with Gasteiger partial charge in [0.25, 0.3) is 5.69 Å². The Morgan fingerprint density at radius 3 is 2.23 bits per heavy atom. The zero-order valence-electron chi connectivity index (χ0n) is 12.9. The fourth-order valence-corrected chi connectivity index (χ4v) is 3.06. The quantitative estimate of drug-likeness (QED) is 0.658. The lowest BCUT2D eigenvalue weighted by molar-refractivity contribution is -0.385. The Morgan fingerprint density at radius 2 is 1.73 bits per heavy atom. The van der Waals surface area contributed by atoms with Gasteiger partial charge < -0.3 is 15.2 Å². The van der Waals surface area contributed by atoms with E-state index in [0.29, 0.717) is 17.1 Å². The van der Waals surface area contributed by atoms with Crippen LogP contribution < -0.4 is 15.2 Å². The van der Waals surface area contributed by atoms with Gasteiger partial charge in [0.2, 0.25) is 0 Å². The second kappa shape index (κ2) is 8.19. The summed E-state index contributed by atoms with van der Waals surface area (Å²) < 4.78 is 10.4. The molecule has 1 aromatic rings. The summed E-state index contributed by atoms with van der Waals surface area (Å²) in [7, 11) is 2.97. The highest BCUT2D eigenvalue weighted by Crippen LogP contribution is 2.41. The Morgan fingerprint density at radius 1 is 1.18 bits per heavy atom. The molecule has 2 rings (SSSR count). The van der Waals surface area contributed by atoms with Gasteiger partial charge >= 0.3 is 0 Å². The molecule has 1 aromatic carbocycles. The van der Waals surface area contributed by atoms with Crippen LogP contribution in [0.4, 0.5) is 5.69 Å². The first-order valence-electron chi connectivity index (χ1n) is 7.24. The van der Waals surface area contributed by atoms with Crippen LogP contribution in [0.15, 0.2) is 12.1 Å². The zero-order valence-corrected chi connectivity index (χ0v) is 13.7. The summed E-state index contributed by atoms with van der Waals surface area (Å²) >= 11 is 0. The number of methoxy groups -OCH3 is 2. The molecular weight excluding hydrogens is 308 g/mol. The smallest absolute Gasteiger partial charge is 0.278 e. The number of nitro groups is 1. The number of halogens is 1. The van der Waals surface area contributed by atoms with E-state index in [2.05, 4.69) is 0 Å². The molecular formula is C15H23ClN2O4. The summed E-state index contributed by atoms with van der Waals surface area (Å²) in [6.07, 6.45) is 5.54. The van der Waals surface area contributed by atoms with Crippen molar-refractivity contribution in [3.05, 3.63) is 27.8 Å². The average molecular weight is 331 g/mol. The van der Waals surface area contributed by atoms with E-state index in [-0.39, 0.29) is 30.1 Å². The molecule has 6 nitrogen and oxygen atoms in total. The van der Waals surface area contributed by atoms with Crippen LogP contribution in [0, 0.1) is 16.0 Å². The van der Waals surface area contributed by atoms with Crippen molar-refractivity contribution in [2.24, 2.45) is 11.7 Å². The Balaban J connectivity index is 0.00000242. The number of nitrogens with two attached hydrogens (primary N) is 1. The van der Waals surface area contributed by atoms with Gasteiger partial charge in [-0.1, -0.05) is 19.3 Å². The molecule has 0 aromatic heterocycles. The summed E-state index contributed by atoms with van der Waals surface area (Å²) in [6.45, 7) is 0. The van der Waals surface area contributed by atoms with Crippen molar-refractivity contribution in [1.82, 2.24) is 0 Å². The third-order valence-corrected chi connectivity index (χ3v) is 4.25. The molecule has 0 aliphatic heterocycles. The molecule has 0 unspecified atom stereocenters. The van der Waals surface area contributed by atoms with Crippen LogP contribution in [0.1, 0.15) is 43.7 Å². The van der Waals surface area contributed by atoms with E-state index in [1.165, 1.54) is 26.7 Å². The summed E-state index contributed by atoms with van der Waals surface area (Å²) in [4.78, 5) is 10.9. The van der Waals surface area contributed by atoms with E-state index in [9.17, 15) is 10.1 Å². The van der Waals surface area contributed by atoms with Crippen molar-refractivity contribution >= 4 is 18.1 Å². The van der Waals surface area contributed by atoms with Gasteiger partial charge in [-0.15, -0.1) is 12.4 Å². The molecule has 124 valence electrons. The fourth-order valence-electron chi connectivity index (χ4n) is 3.06. The maximum Gasteiger partial charge on any atom is 0.278 e. The molecule has 0 heterocycles. The molecule has 1 aliphatic rings. The highest BCUT2D eigenvalue weighted by atomic mass is 35.5. The molecule has 22 heavy (non-hydrogen) atoms. The van der Waals surface area contributed by atoms with E-state index < -0.39 is 4.92 Å². The molecule has 0 amide bonds. The molecule has 2 N–H and O–H groups in total. The van der Waals surface area contributed by atoms with Crippen LogP contribution in [0.5, 0.6) is 11.5 Å². The number of nitrogens with zero attached hydrogens (tertiary/aromatic N) is 1. The van der Waals surface area contributed by atoms with E-state index in [4.69, 9.17) is 15.2 Å². The Bertz CT molecular complexity index is 519. The molecule has 1 atom stereocenters. The minimum atomic E-state index is -0.403. The van der Waals surface area contributed by atoms with Gasteiger partial charge in [0.05, 0.1) is 30.8 Å². The third-order valence-electron chi connectivity index (χ3n) is 4.25. The normalized spacial score (nSPS) is 16.5. The van der Waals surface area contributed by atoms with Gasteiger partial charge in [-0.2, -0.15) is 0 Å². The summed E-state index contributed by atoms with van der Waals surface area (Å²) in [5.41, 5.74) is 6.86. The fraction of sp³-hybridized carbons (Fsp3) is 0.600. The molecule has 0 bridgehead atoms. The van der Waals surface area contributed by atoms with Crippen molar-refractivity contribution in [2.45, 2.75) is 38.1 Å². The number of rotatable bonds is 5. The summed E-state index contributed by atoms with van der Waals surface area (Å²) in [5.74, 6) is 1.11. The van der Waals surface area contributed by atoms with Crippen molar-refractivity contribution < 1.29 is 14.4 Å². The second-order valence-corrected chi connectivity index (χ2v) is 5.45. The van der Waals surface area contributed by atoms with Crippen LogP contribution in [-0.2, 0) is 0 Å². The molecule has 1 fully saturated rings. The maximum atomic E-state index is 11.3. The first-order chi connectivity index (χ1) is 10.1. The maximum absolute atomic E-state index is 11.3. The van der Waals surface area contributed by atoms with Crippen molar-refractivity contribution in [3.63, 3.8) is 0 Å². The zero-order chi connectivity index (χ0) is 15.4. The second-order valence-electron chi connectivity index (χ2n) is 5.45.